The standard InChI is InChI=1S/C20H22N2O4/c1-4-20(24)22-17(14-7-5-6-8-18(14)23)12-16(21-22)15-11-13(25-2)9-10-19(15)26-3/h5-11,17,23H,4,12H2,1-3H3/t17-/m1/s1. The number of ether oxygens (including phenoxy) is 2. The van der Waals surface area contributed by atoms with Gasteiger partial charge in [0.1, 0.15) is 17.2 Å². The first-order valence-corrected chi connectivity index (χ1v) is 8.48. The lowest BCUT2D eigenvalue weighted by molar-refractivity contribution is -0.132. The number of aromatic hydroxyl groups is 1. The first-order chi connectivity index (χ1) is 12.6. The number of para-hydroxylation sites is 1. The van der Waals surface area contributed by atoms with Crippen molar-refractivity contribution in [3.05, 3.63) is 53.6 Å². The largest absolute Gasteiger partial charge is 0.508 e. The fraction of sp³-hybridized carbons (Fsp3) is 0.300. The summed E-state index contributed by atoms with van der Waals surface area (Å²) in [7, 11) is 3.19. The van der Waals surface area contributed by atoms with Crippen LogP contribution < -0.4 is 9.47 Å². The predicted octanol–water partition coefficient (Wildman–Crippen LogP) is 3.50. The van der Waals surface area contributed by atoms with E-state index in [1.807, 2.05) is 30.3 Å². The van der Waals surface area contributed by atoms with Crippen molar-refractivity contribution >= 4 is 11.6 Å². The van der Waals surface area contributed by atoms with E-state index in [2.05, 4.69) is 5.10 Å². The lowest BCUT2D eigenvalue weighted by Crippen LogP contribution is -2.26. The molecule has 0 aromatic heterocycles. The van der Waals surface area contributed by atoms with E-state index in [4.69, 9.17) is 9.47 Å². The molecule has 6 nitrogen and oxygen atoms in total. The minimum atomic E-state index is -0.352. The second-order valence-corrected chi connectivity index (χ2v) is 5.98. The molecule has 6 heteroatoms. The van der Waals surface area contributed by atoms with E-state index < -0.39 is 0 Å². The maximum atomic E-state index is 12.4. The van der Waals surface area contributed by atoms with Gasteiger partial charge >= 0.3 is 0 Å². The van der Waals surface area contributed by atoms with Crippen LogP contribution >= 0.6 is 0 Å². The molecule has 0 saturated heterocycles. The average Bonchev–Trinajstić information content (AvgIpc) is 3.12. The van der Waals surface area contributed by atoms with Crippen molar-refractivity contribution in [2.45, 2.75) is 25.8 Å². The lowest BCUT2D eigenvalue weighted by atomic mass is 9.97. The Morgan fingerprint density at radius 3 is 2.65 bits per heavy atom. The molecule has 1 aliphatic rings. The van der Waals surface area contributed by atoms with Gasteiger partial charge in [-0.05, 0) is 24.3 Å². The van der Waals surface area contributed by atoms with Gasteiger partial charge < -0.3 is 14.6 Å². The number of rotatable bonds is 5. The summed E-state index contributed by atoms with van der Waals surface area (Å²) in [4.78, 5) is 12.4. The minimum absolute atomic E-state index is 0.102. The van der Waals surface area contributed by atoms with Crippen LogP contribution in [0.5, 0.6) is 17.2 Å². The Hall–Kier alpha value is -3.02. The summed E-state index contributed by atoms with van der Waals surface area (Å²) < 4.78 is 10.8. The quantitative estimate of drug-likeness (QED) is 0.892. The fourth-order valence-corrected chi connectivity index (χ4v) is 3.12. The SMILES string of the molecule is CCC(=O)N1N=C(c2cc(OC)ccc2OC)C[C@@H]1c1ccccc1O. The molecule has 0 fully saturated rings. The molecule has 1 N–H and O–H groups in total. The number of phenolic OH excluding ortho intramolecular Hbond substituents is 1. The molecule has 0 spiro atoms. The third-order valence-corrected chi connectivity index (χ3v) is 4.48. The highest BCUT2D eigenvalue weighted by atomic mass is 16.5. The molecule has 26 heavy (non-hydrogen) atoms. The van der Waals surface area contributed by atoms with Crippen LogP contribution in [-0.4, -0.2) is 36.0 Å². The maximum absolute atomic E-state index is 12.4. The van der Waals surface area contributed by atoms with E-state index in [0.29, 0.717) is 29.9 Å². The number of nitrogens with zero attached hydrogens (tertiary/aromatic N) is 2. The first-order valence-electron chi connectivity index (χ1n) is 8.48. The normalized spacial score (nSPS) is 16.3. The molecule has 136 valence electrons. The van der Waals surface area contributed by atoms with E-state index >= 15 is 0 Å². The van der Waals surface area contributed by atoms with E-state index in [-0.39, 0.29) is 17.7 Å². The van der Waals surface area contributed by atoms with Crippen molar-refractivity contribution in [2.75, 3.05) is 14.2 Å². The van der Waals surface area contributed by atoms with E-state index in [0.717, 1.165) is 11.3 Å². The van der Waals surface area contributed by atoms with Crippen LogP contribution in [0.4, 0.5) is 0 Å². The molecule has 0 unspecified atom stereocenters. The molecule has 2 aromatic rings. The number of benzene rings is 2. The highest BCUT2D eigenvalue weighted by molar-refractivity contribution is 6.05. The molecule has 0 radical (unpaired) electrons. The van der Waals surface area contributed by atoms with Gasteiger partial charge in [0, 0.05) is 24.0 Å². The summed E-state index contributed by atoms with van der Waals surface area (Å²) in [5, 5.41) is 16.3. The Bertz CT molecular complexity index is 847. The number of amides is 1. The third-order valence-electron chi connectivity index (χ3n) is 4.48. The Labute approximate surface area is 152 Å². The van der Waals surface area contributed by atoms with Gasteiger partial charge in [0.2, 0.25) is 5.91 Å². The van der Waals surface area contributed by atoms with Crippen molar-refractivity contribution in [1.82, 2.24) is 5.01 Å². The Balaban J connectivity index is 2.05. The number of methoxy groups -OCH3 is 2. The monoisotopic (exact) mass is 354 g/mol. The van der Waals surface area contributed by atoms with Crippen molar-refractivity contribution in [1.29, 1.82) is 0 Å². The second-order valence-electron chi connectivity index (χ2n) is 5.98. The fourth-order valence-electron chi connectivity index (χ4n) is 3.12. The summed E-state index contributed by atoms with van der Waals surface area (Å²) in [6.07, 6.45) is 0.808. The zero-order valence-electron chi connectivity index (χ0n) is 15.1. The number of carbonyl (C=O) groups is 1. The summed E-state index contributed by atoms with van der Waals surface area (Å²) in [5.74, 6) is 1.39. The molecule has 0 aliphatic carbocycles. The predicted molar refractivity (Wildman–Crippen MR) is 98.7 cm³/mol. The van der Waals surface area contributed by atoms with Gasteiger partial charge in [0.05, 0.1) is 26.0 Å². The number of phenols is 1. The van der Waals surface area contributed by atoms with Crippen LogP contribution in [0, 0.1) is 0 Å². The molecule has 1 heterocycles. The Morgan fingerprint density at radius 2 is 2.00 bits per heavy atom. The van der Waals surface area contributed by atoms with Crippen molar-refractivity contribution in [3.63, 3.8) is 0 Å². The number of carbonyl (C=O) groups excluding carboxylic acids is 1. The zero-order chi connectivity index (χ0) is 18.7. The molecule has 1 aliphatic heterocycles. The molecule has 0 saturated carbocycles. The second kappa shape index (κ2) is 7.47. The van der Waals surface area contributed by atoms with Gasteiger partial charge in [-0.3, -0.25) is 4.79 Å². The topological polar surface area (TPSA) is 71.4 Å². The first kappa shape index (κ1) is 17.8. The summed E-state index contributed by atoms with van der Waals surface area (Å²) in [6.45, 7) is 1.80. The van der Waals surface area contributed by atoms with Crippen molar-refractivity contribution in [3.8, 4) is 17.2 Å². The molecule has 1 amide bonds. The highest BCUT2D eigenvalue weighted by Gasteiger charge is 2.34. The van der Waals surface area contributed by atoms with E-state index in [1.54, 1.807) is 33.3 Å². The summed E-state index contributed by atoms with van der Waals surface area (Å²) >= 11 is 0. The molecule has 2 aromatic carbocycles. The number of hydrogen-bond acceptors (Lipinski definition) is 5. The van der Waals surface area contributed by atoms with E-state index in [9.17, 15) is 9.90 Å². The maximum Gasteiger partial charge on any atom is 0.242 e. The lowest BCUT2D eigenvalue weighted by Gasteiger charge is -2.22. The van der Waals surface area contributed by atoms with Gasteiger partial charge in [0.15, 0.2) is 0 Å². The molecular weight excluding hydrogens is 332 g/mol. The van der Waals surface area contributed by atoms with Gasteiger partial charge in [0.25, 0.3) is 0 Å². The molecule has 0 bridgehead atoms. The van der Waals surface area contributed by atoms with Crippen LogP contribution in [0.3, 0.4) is 0 Å². The van der Waals surface area contributed by atoms with Gasteiger partial charge in [-0.2, -0.15) is 5.10 Å². The van der Waals surface area contributed by atoms with Crippen molar-refractivity contribution < 1.29 is 19.4 Å². The third kappa shape index (κ3) is 3.22. The van der Waals surface area contributed by atoms with Crippen LogP contribution in [0.25, 0.3) is 0 Å². The highest BCUT2D eigenvalue weighted by Crippen LogP contribution is 2.39. The smallest absolute Gasteiger partial charge is 0.242 e. The zero-order valence-corrected chi connectivity index (χ0v) is 15.1. The molecule has 1 atom stereocenters. The van der Waals surface area contributed by atoms with Crippen LogP contribution in [0.1, 0.15) is 36.9 Å². The Kier molecular flexibility index (Phi) is 5.11. The Morgan fingerprint density at radius 1 is 1.23 bits per heavy atom. The average molecular weight is 354 g/mol. The van der Waals surface area contributed by atoms with Crippen LogP contribution in [0.2, 0.25) is 0 Å². The minimum Gasteiger partial charge on any atom is -0.508 e. The number of hydrazone groups is 1. The van der Waals surface area contributed by atoms with Gasteiger partial charge in [-0.15, -0.1) is 0 Å². The van der Waals surface area contributed by atoms with Crippen LogP contribution in [0.15, 0.2) is 47.6 Å². The van der Waals surface area contributed by atoms with Crippen molar-refractivity contribution in [2.24, 2.45) is 5.10 Å². The van der Waals surface area contributed by atoms with Gasteiger partial charge in [-0.1, -0.05) is 25.1 Å². The summed E-state index contributed by atoms with van der Waals surface area (Å²) in [5.41, 5.74) is 2.17. The molecule has 3 rings (SSSR count). The summed E-state index contributed by atoms with van der Waals surface area (Å²) in [6, 6.07) is 12.2. The number of hydrogen-bond donors (Lipinski definition) is 1. The molecular formula is C20H22N2O4. The van der Waals surface area contributed by atoms with Gasteiger partial charge in [-0.25, -0.2) is 5.01 Å². The van der Waals surface area contributed by atoms with E-state index in [1.165, 1.54) is 5.01 Å². The van der Waals surface area contributed by atoms with Crippen LogP contribution in [-0.2, 0) is 4.79 Å².